The summed E-state index contributed by atoms with van der Waals surface area (Å²) in [5.41, 5.74) is 0. The van der Waals surface area contributed by atoms with E-state index < -0.39 is 0 Å². The van der Waals surface area contributed by atoms with E-state index in [4.69, 9.17) is 5.11 Å². The summed E-state index contributed by atoms with van der Waals surface area (Å²) in [4.78, 5) is 0. The van der Waals surface area contributed by atoms with Crippen molar-refractivity contribution >= 4 is 0 Å². The van der Waals surface area contributed by atoms with Gasteiger partial charge >= 0.3 is 29.6 Å². The van der Waals surface area contributed by atoms with E-state index in [0.29, 0.717) is 0 Å². The first-order chi connectivity index (χ1) is 1.00. The average molecular weight is 135 g/mol. The monoisotopic (exact) mass is 134 g/mol. The molecule has 0 aromatic carbocycles. The summed E-state index contributed by atoms with van der Waals surface area (Å²) >= 11 is 0. The summed E-state index contributed by atoms with van der Waals surface area (Å²) in [7, 11) is 1.00. The fourth-order valence-corrected chi connectivity index (χ4v) is 0. The van der Waals surface area contributed by atoms with Crippen molar-refractivity contribution in [2.45, 2.75) is 0 Å². The summed E-state index contributed by atoms with van der Waals surface area (Å²) in [5, 5.41) is 7.00. The van der Waals surface area contributed by atoms with Crippen molar-refractivity contribution in [1.29, 1.82) is 0 Å². The molecule has 0 unspecified atom stereocenters. The van der Waals surface area contributed by atoms with Crippen molar-refractivity contribution in [3.8, 4) is 0 Å². The van der Waals surface area contributed by atoms with Crippen molar-refractivity contribution < 1.29 is 51.6 Å². The van der Waals surface area contributed by atoms with Crippen LogP contribution in [0.1, 0.15) is 0 Å². The molecule has 0 atom stereocenters. The molecule has 0 heterocycles. The number of halogens is 1. The summed E-state index contributed by atoms with van der Waals surface area (Å²) in [6, 6.07) is 0. The maximum absolute atomic E-state index is 7.00. The molecule has 0 rings (SSSR count). The molecule has 1 nitrogen and oxygen atoms in total. The summed E-state index contributed by atoms with van der Waals surface area (Å²) in [5.74, 6) is 0. The Morgan fingerprint density at radius 3 is 1.25 bits per heavy atom. The van der Waals surface area contributed by atoms with Gasteiger partial charge in [-0.1, -0.05) is 0 Å². The van der Waals surface area contributed by atoms with Crippen molar-refractivity contribution in [2.75, 3.05) is 7.11 Å². The van der Waals surface area contributed by atoms with Gasteiger partial charge < -0.3 is 22.1 Å². The molecule has 0 spiro atoms. The molecule has 0 amide bonds. The average Bonchev–Trinajstić information content (AvgIpc) is 1.00. The molecule has 0 aliphatic rings. The number of hydrogen-bond donors (Lipinski definition) is 1. The van der Waals surface area contributed by atoms with Crippen LogP contribution < -0.4 is 46.5 Å². The standard InChI is InChI=1S/CH4O.BrH.Na/c1-2;;/h2H,1H3;1H;/q;;+1/p-1. The third-order valence-corrected chi connectivity index (χ3v) is 0. The molecule has 0 aromatic rings. The maximum atomic E-state index is 7.00. The van der Waals surface area contributed by atoms with E-state index in [1.807, 2.05) is 0 Å². The van der Waals surface area contributed by atoms with Gasteiger partial charge in [-0.3, -0.25) is 0 Å². The Hall–Kier alpha value is 1.44. The Bertz CT molecular complexity index is 8.00. The van der Waals surface area contributed by atoms with Crippen LogP contribution in [0, 0.1) is 0 Å². The van der Waals surface area contributed by atoms with E-state index in [1.165, 1.54) is 0 Å². The fraction of sp³-hybridized carbons (Fsp3) is 1.00. The van der Waals surface area contributed by atoms with E-state index >= 15 is 0 Å². The molecule has 1 N–H and O–H groups in total. The molecule has 0 saturated carbocycles. The van der Waals surface area contributed by atoms with Gasteiger partial charge in [0.15, 0.2) is 0 Å². The molecular weight excluding hydrogens is 131 g/mol. The van der Waals surface area contributed by atoms with Crippen molar-refractivity contribution in [3.05, 3.63) is 0 Å². The van der Waals surface area contributed by atoms with Gasteiger partial charge in [-0.15, -0.1) is 0 Å². The third kappa shape index (κ3) is 9.88. The Morgan fingerprint density at radius 1 is 1.25 bits per heavy atom. The molecule has 3 heteroatoms. The zero-order valence-electron chi connectivity index (χ0n) is 2.83. The van der Waals surface area contributed by atoms with Crippen molar-refractivity contribution in [1.82, 2.24) is 0 Å². The Labute approximate surface area is 58.5 Å². The van der Waals surface area contributed by atoms with Gasteiger partial charge in [-0.2, -0.15) is 0 Å². The zero-order chi connectivity index (χ0) is 2.00. The molecule has 0 aliphatic carbocycles. The Morgan fingerprint density at radius 2 is 1.25 bits per heavy atom. The van der Waals surface area contributed by atoms with Crippen LogP contribution in [0.2, 0.25) is 0 Å². The van der Waals surface area contributed by atoms with Gasteiger partial charge in [0.05, 0.1) is 0 Å². The molecule has 0 fully saturated rings. The van der Waals surface area contributed by atoms with Gasteiger partial charge in [-0.25, -0.2) is 0 Å². The van der Waals surface area contributed by atoms with Gasteiger partial charge in [0, 0.05) is 7.11 Å². The molecular formula is CH4BrNaO. The SMILES string of the molecule is CO.[Br-].[Na+]. The molecule has 0 aromatic heterocycles. The van der Waals surface area contributed by atoms with Gasteiger partial charge in [0.2, 0.25) is 0 Å². The molecule has 22 valence electrons. The second kappa shape index (κ2) is 25.3. The minimum Gasteiger partial charge on any atom is -1.00 e. The minimum absolute atomic E-state index is 0. The summed E-state index contributed by atoms with van der Waals surface area (Å²) < 4.78 is 0. The second-order valence-electron chi connectivity index (χ2n) is 0. The summed E-state index contributed by atoms with van der Waals surface area (Å²) in [6.07, 6.45) is 0. The van der Waals surface area contributed by atoms with Crippen LogP contribution in [-0.2, 0) is 0 Å². The summed E-state index contributed by atoms with van der Waals surface area (Å²) in [6.45, 7) is 0. The second-order valence-corrected chi connectivity index (χ2v) is 0. The minimum atomic E-state index is 0. The van der Waals surface area contributed by atoms with Crippen LogP contribution in [-0.4, -0.2) is 12.2 Å². The molecule has 4 heavy (non-hydrogen) atoms. The number of hydrogen-bond acceptors (Lipinski definition) is 1. The van der Waals surface area contributed by atoms with Crippen LogP contribution in [0.5, 0.6) is 0 Å². The number of aliphatic hydroxyl groups excluding tert-OH is 1. The van der Waals surface area contributed by atoms with E-state index in [0.717, 1.165) is 7.11 Å². The van der Waals surface area contributed by atoms with Crippen LogP contribution in [0.3, 0.4) is 0 Å². The normalized spacial score (nSPS) is 1.50. The van der Waals surface area contributed by atoms with Gasteiger partial charge in [0.25, 0.3) is 0 Å². The first kappa shape index (κ1) is 18.0. The molecule has 0 radical (unpaired) electrons. The van der Waals surface area contributed by atoms with Crippen molar-refractivity contribution in [3.63, 3.8) is 0 Å². The third-order valence-electron chi connectivity index (χ3n) is 0. The van der Waals surface area contributed by atoms with Crippen LogP contribution >= 0.6 is 0 Å². The van der Waals surface area contributed by atoms with Crippen molar-refractivity contribution in [2.24, 2.45) is 0 Å². The quantitative estimate of drug-likeness (QED) is 0.327. The smallest absolute Gasteiger partial charge is 1.00 e. The van der Waals surface area contributed by atoms with Gasteiger partial charge in [-0.05, 0) is 0 Å². The Balaban J connectivity index is -0.00000000500. The van der Waals surface area contributed by atoms with Crippen LogP contribution in [0.25, 0.3) is 0 Å². The van der Waals surface area contributed by atoms with E-state index in [1.54, 1.807) is 0 Å². The Kier molecular flexibility index (Phi) is 114. The molecule has 0 aliphatic heterocycles. The predicted octanol–water partition coefficient (Wildman–Crippen LogP) is -6.38. The number of aliphatic hydroxyl groups is 1. The fourth-order valence-electron chi connectivity index (χ4n) is 0. The zero-order valence-corrected chi connectivity index (χ0v) is 6.41. The largest absolute Gasteiger partial charge is 1.00 e. The molecule has 0 bridgehead atoms. The first-order valence-electron chi connectivity index (χ1n) is 0.447. The van der Waals surface area contributed by atoms with Crippen LogP contribution in [0.15, 0.2) is 0 Å². The molecule has 0 saturated heterocycles. The van der Waals surface area contributed by atoms with E-state index in [-0.39, 0.29) is 46.5 Å². The van der Waals surface area contributed by atoms with E-state index in [2.05, 4.69) is 0 Å². The number of rotatable bonds is 0. The first-order valence-corrected chi connectivity index (χ1v) is 0.447. The predicted molar refractivity (Wildman–Crippen MR) is 8.14 cm³/mol. The topological polar surface area (TPSA) is 20.2 Å². The van der Waals surface area contributed by atoms with Gasteiger partial charge in [0.1, 0.15) is 0 Å². The van der Waals surface area contributed by atoms with Crippen LogP contribution in [0.4, 0.5) is 0 Å². The van der Waals surface area contributed by atoms with E-state index in [9.17, 15) is 0 Å². The maximum Gasteiger partial charge on any atom is 1.00 e.